The summed E-state index contributed by atoms with van der Waals surface area (Å²) in [5.74, 6) is 0.689. The van der Waals surface area contributed by atoms with Crippen molar-refractivity contribution in [1.82, 2.24) is 15.2 Å². The zero-order valence-electron chi connectivity index (χ0n) is 13.7. The van der Waals surface area contributed by atoms with Crippen molar-refractivity contribution in [3.8, 4) is 0 Å². The number of aromatic amines is 1. The minimum absolute atomic E-state index is 0.132. The molecule has 0 bridgehead atoms. The summed E-state index contributed by atoms with van der Waals surface area (Å²) in [5.41, 5.74) is 2.76. The Hall–Kier alpha value is -1.36. The summed E-state index contributed by atoms with van der Waals surface area (Å²) < 4.78 is 0. The number of β-amino-alcohol motifs (C(OH)–C–C–N with tert-alkyl or cyclic N) is 1. The first-order chi connectivity index (χ1) is 11.3. The molecule has 3 heterocycles. The monoisotopic (exact) mass is 313 g/mol. The van der Waals surface area contributed by atoms with Crippen LogP contribution in [0.1, 0.15) is 37.2 Å². The summed E-state index contributed by atoms with van der Waals surface area (Å²) in [4.78, 5) is 6.01. The number of H-pyrrole nitrogens is 1. The third kappa shape index (κ3) is 3.30. The number of hydrogen-bond donors (Lipinski definition) is 3. The molecule has 2 aliphatic heterocycles. The summed E-state index contributed by atoms with van der Waals surface area (Å²) in [6.07, 6.45) is 6.67. The fourth-order valence-corrected chi connectivity index (χ4v) is 4.26. The second kappa shape index (κ2) is 6.63. The number of para-hydroxylation sites is 1. The number of nitrogens with zero attached hydrogens (tertiary/aromatic N) is 1. The van der Waals surface area contributed by atoms with E-state index in [2.05, 4.69) is 45.7 Å². The molecule has 2 aliphatic rings. The van der Waals surface area contributed by atoms with Crippen LogP contribution in [0.5, 0.6) is 0 Å². The molecule has 1 aromatic carbocycles. The van der Waals surface area contributed by atoms with Gasteiger partial charge in [0.25, 0.3) is 0 Å². The largest absolute Gasteiger partial charge is 0.392 e. The molecule has 0 spiro atoms. The minimum Gasteiger partial charge on any atom is -0.392 e. The number of benzene rings is 1. The molecule has 0 saturated carbocycles. The molecule has 4 nitrogen and oxygen atoms in total. The van der Waals surface area contributed by atoms with E-state index in [0.717, 1.165) is 25.9 Å². The lowest BCUT2D eigenvalue weighted by atomic mass is 9.89. The third-order valence-electron chi connectivity index (χ3n) is 5.64. The quantitative estimate of drug-likeness (QED) is 0.813. The van der Waals surface area contributed by atoms with Crippen LogP contribution < -0.4 is 5.32 Å². The SMILES string of the molecule is OC1CNC(CCN2CCC(c3c[nH]c4ccccc34)CC2)C1. The molecule has 2 aromatic rings. The Labute approximate surface area is 137 Å². The molecule has 2 saturated heterocycles. The van der Waals surface area contributed by atoms with E-state index in [9.17, 15) is 5.11 Å². The molecule has 4 heteroatoms. The summed E-state index contributed by atoms with van der Waals surface area (Å²) >= 11 is 0. The lowest BCUT2D eigenvalue weighted by Gasteiger charge is -2.32. The van der Waals surface area contributed by atoms with Gasteiger partial charge in [0, 0.05) is 29.7 Å². The van der Waals surface area contributed by atoms with E-state index < -0.39 is 0 Å². The van der Waals surface area contributed by atoms with Crippen molar-refractivity contribution in [3.05, 3.63) is 36.0 Å². The first kappa shape index (κ1) is 15.2. The Morgan fingerprint density at radius 1 is 1.17 bits per heavy atom. The predicted octanol–water partition coefficient (Wildman–Crippen LogP) is 2.46. The van der Waals surface area contributed by atoms with Crippen molar-refractivity contribution in [2.75, 3.05) is 26.2 Å². The van der Waals surface area contributed by atoms with Gasteiger partial charge in [-0.25, -0.2) is 0 Å². The maximum absolute atomic E-state index is 9.58. The second-order valence-corrected chi connectivity index (χ2v) is 7.19. The van der Waals surface area contributed by atoms with Gasteiger partial charge < -0.3 is 20.3 Å². The average Bonchev–Trinajstić information content (AvgIpc) is 3.20. The first-order valence-corrected chi connectivity index (χ1v) is 8.99. The van der Waals surface area contributed by atoms with Gasteiger partial charge in [0.2, 0.25) is 0 Å². The van der Waals surface area contributed by atoms with Crippen LogP contribution >= 0.6 is 0 Å². The summed E-state index contributed by atoms with van der Waals surface area (Å²) in [7, 11) is 0. The fraction of sp³-hybridized carbons (Fsp3) is 0.579. The number of aromatic nitrogens is 1. The smallest absolute Gasteiger partial charge is 0.0679 e. The van der Waals surface area contributed by atoms with E-state index >= 15 is 0 Å². The highest BCUT2D eigenvalue weighted by Gasteiger charge is 2.25. The highest BCUT2D eigenvalue weighted by Crippen LogP contribution is 2.33. The Balaban J connectivity index is 1.30. The molecule has 3 N–H and O–H groups in total. The maximum Gasteiger partial charge on any atom is 0.0679 e. The molecule has 124 valence electrons. The van der Waals surface area contributed by atoms with Gasteiger partial charge in [-0.3, -0.25) is 0 Å². The molecule has 4 rings (SSSR count). The van der Waals surface area contributed by atoms with Gasteiger partial charge in [0.05, 0.1) is 6.10 Å². The van der Waals surface area contributed by atoms with E-state index in [4.69, 9.17) is 0 Å². The Kier molecular flexibility index (Phi) is 4.38. The van der Waals surface area contributed by atoms with Crippen LogP contribution in [0, 0.1) is 0 Å². The number of aliphatic hydroxyl groups excluding tert-OH is 1. The number of piperidine rings is 1. The predicted molar refractivity (Wildman–Crippen MR) is 93.7 cm³/mol. The van der Waals surface area contributed by atoms with Gasteiger partial charge in [-0.1, -0.05) is 18.2 Å². The van der Waals surface area contributed by atoms with Gasteiger partial charge in [-0.05, 0) is 62.9 Å². The number of likely N-dealkylation sites (tertiary alicyclic amines) is 1. The molecular weight excluding hydrogens is 286 g/mol. The van der Waals surface area contributed by atoms with Crippen LogP contribution in [-0.2, 0) is 0 Å². The van der Waals surface area contributed by atoms with Crippen molar-refractivity contribution in [1.29, 1.82) is 0 Å². The highest BCUT2D eigenvalue weighted by molar-refractivity contribution is 5.83. The molecule has 0 amide bonds. The van der Waals surface area contributed by atoms with Crippen molar-refractivity contribution in [2.45, 2.75) is 43.7 Å². The van der Waals surface area contributed by atoms with Crippen molar-refractivity contribution >= 4 is 10.9 Å². The Morgan fingerprint density at radius 2 is 2.00 bits per heavy atom. The number of rotatable bonds is 4. The fourth-order valence-electron chi connectivity index (χ4n) is 4.26. The molecule has 2 fully saturated rings. The molecule has 0 radical (unpaired) electrons. The Morgan fingerprint density at radius 3 is 2.78 bits per heavy atom. The van der Waals surface area contributed by atoms with Crippen molar-refractivity contribution < 1.29 is 5.11 Å². The van der Waals surface area contributed by atoms with Gasteiger partial charge in [0.1, 0.15) is 0 Å². The number of fused-ring (bicyclic) bond motifs is 1. The van der Waals surface area contributed by atoms with Gasteiger partial charge in [0.15, 0.2) is 0 Å². The molecular formula is C19H27N3O. The number of hydrogen-bond acceptors (Lipinski definition) is 3. The van der Waals surface area contributed by atoms with Crippen LogP contribution in [0.25, 0.3) is 10.9 Å². The second-order valence-electron chi connectivity index (χ2n) is 7.19. The summed E-state index contributed by atoms with van der Waals surface area (Å²) in [6, 6.07) is 9.15. The van der Waals surface area contributed by atoms with Crippen LogP contribution in [0.3, 0.4) is 0 Å². The van der Waals surface area contributed by atoms with Crippen LogP contribution in [0.4, 0.5) is 0 Å². The highest BCUT2D eigenvalue weighted by atomic mass is 16.3. The number of nitrogens with one attached hydrogen (secondary N) is 2. The molecule has 2 unspecified atom stereocenters. The van der Waals surface area contributed by atoms with Crippen LogP contribution in [-0.4, -0.2) is 53.3 Å². The normalized spacial score (nSPS) is 27.0. The topological polar surface area (TPSA) is 51.3 Å². The number of aliphatic hydroxyl groups is 1. The zero-order valence-corrected chi connectivity index (χ0v) is 13.7. The third-order valence-corrected chi connectivity index (χ3v) is 5.64. The van der Waals surface area contributed by atoms with E-state index in [1.807, 2.05) is 0 Å². The lowest BCUT2D eigenvalue weighted by Crippen LogP contribution is -2.36. The standard InChI is InChI=1S/C19H27N3O/c23-16-11-15(20-12-16)7-10-22-8-5-14(6-9-22)18-13-21-19-4-2-1-3-17(18)19/h1-4,13-16,20-21,23H,5-12H2. The first-order valence-electron chi connectivity index (χ1n) is 8.99. The van der Waals surface area contributed by atoms with Gasteiger partial charge >= 0.3 is 0 Å². The van der Waals surface area contributed by atoms with E-state index in [-0.39, 0.29) is 6.10 Å². The van der Waals surface area contributed by atoms with Crippen molar-refractivity contribution in [3.63, 3.8) is 0 Å². The van der Waals surface area contributed by atoms with Crippen LogP contribution in [0.2, 0.25) is 0 Å². The van der Waals surface area contributed by atoms with E-state index in [1.165, 1.54) is 42.4 Å². The minimum atomic E-state index is -0.132. The summed E-state index contributed by atoms with van der Waals surface area (Å²) in [5, 5.41) is 14.4. The van der Waals surface area contributed by atoms with Gasteiger partial charge in [-0.15, -0.1) is 0 Å². The average molecular weight is 313 g/mol. The summed E-state index contributed by atoms with van der Waals surface area (Å²) in [6.45, 7) is 4.32. The van der Waals surface area contributed by atoms with Gasteiger partial charge in [-0.2, -0.15) is 0 Å². The molecule has 2 atom stereocenters. The van der Waals surface area contributed by atoms with E-state index in [0.29, 0.717) is 12.0 Å². The molecule has 0 aliphatic carbocycles. The van der Waals surface area contributed by atoms with Crippen molar-refractivity contribution in [2.24, 2.45) is 0 Å². The Bertz CT molecular complexity index is 645. The molecule has 1 aromatic heterocycles. The van der Waals surface area contributed by atoms with Crippen LogP contribution in [0.15, 0.2) is 30.5 Å². The molecule has 23 heavy (non-hydrogen) atoms. The maximum atomic E-state index is 9.58. The van der Waals surface area contributed by atoms with E-state index in [1.54, 1.807) is 0 Å². The zero-order chi connectivity index (χ0) is 15.6. The lowest BCUT2D eigenvalue weighted by molar-refractivity contribution is 0.185.